The van der Waals surface area contributed by atoms with E-state index in [1.54, 1.807) is 22.1 Å². The van der Waals surface area contributed by atoms with Crippen molar-refractivity contribution < 1.29 is 8.42 Å². The maximum atomic E-state index is 12.3. The van der Waals surface area contributed by atoms with E-state index in [0.717, 1.165) is 23.2 Å². The van der Waals surface area contributed by atoms with Crippen LogP contribution >= 0.6 is 11.8 Å². The highest BCUT2D eigenvalue weighted by molar-refractivity contribution is 8.00. The van der Waals surface area contributed by atoms with E-state index in [1.807, 2.05) is 6.07 Å². The maximum Gasteiger partial charge on any atom is 0.244 e. The van der Waals surface area contributed by atoms with Crippen molar-refractivity contribution in [1.29, 1.82) is 0 Å². The van der Waals surface area contributed by atoms with Crippen LogP contribution in [0, 0.1) is 0 Å². The zero-order valence-electron chi connectivity index (χ0n) is 12.3. The minimum Gasteiger partial charge on any atom is -0.249 e. The van der Waals surface area contributed by atoms with Crippen LogP contribution in [0.4, 0.5) is 0 Å². The second-order valence-electron chi connectivity index (χ2n) is 6.29. The monoisotopic (exact) mass is 330 g/mol. The van der Waals surface area contributed by atoms with E-state index in [-0.39, 0.29) is 0 Å². The molecule has 0 radical (unpaired) electrons. The second kappa shape index (κ2) is 6.17. The Hall–Kier alpha value is -0.373. The van der Waals surface area contributed by atoms with E-state index >= 15 is 0 Å². The van der Waals surface area contributed by atoms with Crippen LogP contribution in [-0.4, -0.2) is 44.2 Å². The van der Waals surface area contributed by atoms with Gasteiger partial charge in [0.25, 0.3) is 0 Å². The Balaban J connectivity index is 2.08. The van der Waals surface area contributed by atoms with E-state index < -0.39 is 18.1 Å². The van der Waals surface area contributed by atoms with E-state index in [9.17, 15) is 8.42 Å². The Morgan fingerprint density at radius 3 is 2.40 bits per heavy atom. The summed E-state index contributed by atoms with van der Waals surface area (Å²) in [5.41, 5.74) is 0. The molecule has 20 heavy (non-hydrogen) atoms. The molecule has 1 fully saturated rings. The Morgan fingerprint density at radius 1 is 1.25 bits per heavy atom. The molecular formula is C13H22N2O2S2Si. The number of nitrogens with zero attached hydrogens (tertiary/aromatic N) is 2. The van der Waals surface area contributed by atoms with Gasteiger partial charge < -0.3 is 0 Å². The van der Waals surface area contributed by atoms with Gasteiger partial charge in [0.1, 0.15) is 4.90 Å². The van der Waals surface area contributed by atoms with Crippen molar-refractivity contribution in [3.05, 3.63) is 18.3 Å². The highest BCUT2D eigenvalue weighted by Gasteiger charge is 2.27. The van der Waals surface area contributed by atoms with Crippen LogP contribution < -0.4 is 0 Å². The molecule has 1 aliphatic rings. The summed E-state index contributed by atoms with van der Waals surface area (Å²) in [6.07, 6.45) is 3.41. The molecule has 0 spiro atoms. The first-order chi connectivity index (χ1) is 9.29. The van der Waals surface area contributed by atoms with Crippen LogP contribution in [0.5, 0.6) is 0 Å². The van der Waals surface area contributed by atoms with Gasteiger partial charge in [0, 0.05) is 19.3 Å². The van der Waals surface area contributed by atoms with Crippen molar-refractivity contribution in [2.75, 3.05) is 18.5 Å². The van der Waals surface area contributed by atoms with E-state index in [2.05, 4.69) is 24.6 Å². The van der Waals surface area contributed by atoms with E-state index in [4.69, 9.17) is 0 Å². The fourth-order valence-electron chi connectivity index (χ4n) is 1.97. The molecule has 0 atom stereocenters. The minimum absolute atomic E-state index is 0.316. The molecule has 4 nitrogen and oxygen atoms in total. The summed E-state index contributed by atoms with van der Waals surface area (Å²) >= 11 is 1.72. The molecule has 0 N–H and O–H groups in total. The number of hydrogen-bond acceptors (Lipinski definition) is 4. The third kappa shape index (κ3) is 4.06. The molecule has 2 heterocycles. The van der Waals surface area contributed by atoms with Crippen molar-refractivity contribution in [3.8, 4) is 0 Å². The van der Waals surface area contributed by atoms with Gasteiger partial charge in [0.2, 0.25) is 10.0 Å². The van der Waals surface area contributed by atoms with Crippen molar-refractivity contribution in [1.82, 2.24) is 9.29 Å². The van der Waals surface area contributed by atoms with Crippen molar-refractivity contribution >= 4 is 29.9 Å². The van der Waals surface area contributed by atoms with Gasteiger partial charge in [0.05, 0.1) is 13.1 Å². The van der Waals surface area contributed by atoms with Crippen LogP contribution in [0.25, 0.3) is 0 Å². The largest absolute Gasteiger partial charge is 0.249 e. The van der Waals surface area contributed by atoms with Gasteiger partial charge in [-0.3, -0.25) is 0 Å². The topological polar surface area (TPSA) is 50.3 Å². The fraction of sp³-hybridized carbons (Fsp3) is 0.615. The van der Waals surface area contributed by atoms with Gasteiger partial charge in [0.15, 0.2) is 0 Å². The molecule has 0 aliphatic carbocycles. The molecule has 0 unspecified atom stereocenters. The number of hydrogen-bond donors (Lipinski definition) is 0. The summed E-state index contributed by atoms with van der Waals surface area (Å²) in [6.45, 7) is 8.20. The lowest BCUT2D eigenvalue weighted by Crippen LogP contribution is -2.28. The molecule has 1 aromatic rings. The molecule has 1 saturated heterocycles. The average molecular weight is 331 g/mol. The predicted octanol–water partition coefficient (Wildman–Crippen LogP) is 2.84. The summed E-state index contributed by atoms with van der Waals surface area (Å²) in [5, 5.41) is 2.01. The van der Waals surface area contributed by atoms with Gasteiger partial charge >= 0.3 is 0 Å². The molecule has 1 aromatic heterocycles. The number of aromatic nitrogens is 1. The fourth-order valence-corrected chi connectivity index (χ4v) is 6.05. The summed E-state index contributed by atoms with van der Waals surface area (Å²) in [4.78, 5) is 4.62. The van der Waals surface area contributed by atoms with Gasteiger partial charge in [-0.1, -0.05) is 19.6 Å². The summed E-state index contributed by atoms with van der Waals surface area (Å²) in [7, 11) is -4.44. The first kappa shape index (κ1) is 16.0. The Labute approximate surface area is 127 Å². The molecule has 2 rings (SSSR count). The molecule has 0 aromatic carbocycles. The minimum atomic E-state index is -3.33. The first-order valence-corrected chi connectivity index (χ1v) is 13.0. The lowest BCUT2D eigenvalue weighted by Gasteiger charge is -2.16. The predicted molar refractivity (Wildman–Crippen MR) is 86.3 cm³/mol. The molecule has 0 amide bonds. The zero-order chi connectivity index (χ0) is 14.8. The van der Waals surface area contributed by atoms with E-state index in [1.165, 1.54) is 6.20 Å². The zero-order valence-corrected chi connectivity index (χ0v) is 14.9. The van der Waals surface area contributed by atoms with Gasteiger partial charge in [-0.2, -0.15) is 4.31 Å². The Morgan fingerprint density at radius 2 is 1.90 bits per heavy atom. The quantitative estimate of drug-likeness (QED) is 0.615. The van der Waals surface area contributed by atoms with E-state index in [0.29, 0.717) is 18.0 Å². The van der Waals surface area contributed by atoms with Gasteiger partial charge in [-0.05, 0) is 30.4 Å². The lowest BCUT2D eigenvalue weighted by molar-refractivity contribution is 0.477. The summed E-state index contributed by atoms with van der Waals surface area (Å²) in [5.74, 6) is 0. The van der Waals surface area contributed by atoms with Crippen LogP contribution in [0.15, 0.2) is 28.3 Å². The molecule has 7 heteroatoms. The van der Waals surface area contributed by atoms with Gasteiger partial charge in [-0.15, -0.1) is 11.8 Å². The number of sulfonamides is 1. The number of pyridine rings is 1. The van der Waals surface area contributed by atoms with Crippen molar-refractivity contribution in [2.45, 2.75) is 42.4 Å². The smallest absolute Gasteiger partial charge is 0.244 e. The molecule has 112 valence electrons. The van der Waals surface area contributed by atoms with Crippen molar-refractivity contribution in [2.24, 2.45) is 0 Å². The highest BCUT2D eigenvalue weighted by Crippen LogP contribution is 2.24. The summed E-state index contributed by atoms with van der Waals surface area (Å²) < 4.78 is 26.3. The normalized spacial score (nSPS) is 17.6. The van der Waals surface area contributed by atoms with Gasteiger partial charge in [-0.25, -0.2) is 13.4 Å². The first-order valence-electron chi connectivity index (χ1n) is 6.88. The van der Waals surface area contributed by atoms with Crippen molar-refractivity contribution in [3.63, 3.8) is 0 Å². The molecule has 0 saturated carbocycles. The highest BCUT2D eigenvalue weighted by atomic mass is 32.2. The van der Waals surface area contributed by atoms with Crippen LogP contribution in [0.1, 0.15) is 12.8 Å². The standard InChI is InChI=1S/C13H22N2O2S2Si/c1-20(2,3)11-18-13-7-6-12(10-14-13)19(16,17)15-8-4-5-9-15/h6-7,10H,4-5,8-9,11H2,1-3H3. The Bertz CT molecular complexity index is 547. The Kier molecular flexibility index (Phi) is 4.94. The maximum absolute atomic E-state index is 12.3. The van der Waals surface area contributed by atoms with Crippen LogP contribution in [0.3, 0.4) is 0 Å². The number of thioether (sulfide) groups is 1. The number of rotatable bonds is 5. The average Bonchev–Trinajstić information content (AvgIpc) is 2.90. The third-order valence-electron chi connectivity index (χ3n) is 3.07. The SMILES string of the molecule is C[Si](C)(C)CSc1ccc(S(=O)(=O)N2CCCC2)cn1. The molecule has 1 aliphatic heterocycles. The lowest BCUT2D eigenvalue weighted by atomic mass is 10.4. The second-order valence-corrected chi connectivity index (χ2v) is 15.2. The molecular weight excluding hydrogens is 308 g/mol. The summed E-state index contributed by atoms with van der Waals surface area (Å²) in [6, 6.07) is 3.51. The third-order valence-corrected chi connectivity index (χ3v) is 9.53. The van der Waals surface area contributed by atoms with Crippen LogP contribution in [0.2, 0.25) is 19.6 Å². The van der Waals surface area contributed by atoms with Crippen LogP contribution in [-0.2, 0) is 10.0 Å². The molecule has 0 bridgehead atoms.